The van der Waals surface area contributed by atoms with Crippen molar-refractivity contribution in [3.63, 3.8) is 0 Å². The minimum absolute atomic E-state index is 0.680. The van der Waals surface area contributed by atoms with Crippen molar-refractivity contribution in [2.75, 3.05) is 39.9 Å². The Hall–Kier alpha value is -0.120. The molecule has 2 unspecified atom stereocenters. The van der Waals surface area contributed by atoms with E-state index in [1.54, 1.807) is 0 Å². The average molecular weight is 228 g/mol. The Morgan fingerprint density at radius 2 is 2.31 bits per heavy atom. The second-order valence-corrected chi connectivity index (χ2v) is 5.25. The highest BCUT2D eigenvalue weighted by atomic mass is 16.5. The molecule has 0 radical (unpaired) electrons. The van der Waals surface area contributed by atoms with Crippen molar-refractivity contribution in [3.8, 4) is 0 Å². The van der Waals surface area contributed by atoms with Crippen LogP contribution in [0.15, 0.2) is 0 Å². The number of hydrogen-bond acceptors (Lipinski definition) is 3. The SMILES string of the molecule is COCC1CCCN(CCCC(C)CN)C1. The molecule has 1 heterocycles. The lowest BCUT2D eigenvalue weighted by atomic mass is 9.98. The highest BCUT2D eigenvalue weighted by Gasteiger charge is 2.19. The van der Waals surface area contributed by atoms with Crippen LogP contribution in [-0.4, -0.2) is 44.8 Å². The summed E-state index contributed by atoms with van der Waals surface area (Å²) in [6, 6.07) is 0. The van der Waals surface area contributed by atoms with Crippen LogP contribution in [0.5, 0.6) is 0 Å². The molecule has 0 aliphatic carbocycles. The van der Waals surface area contributed by atoms with E-state index in [0.717, 1.165) is 19.1 Å². The predicted molar refractivity (Wildman–Crippen MR) is 68.5 cm³/mol. The number of rotatable bonds is 7. The van der Waals surface area contributed by atoms with E-state index < -0.39 is 0 Å². The summed E-state index contributed by atoms with van der Waals surface area (Å²) in [5.41, 5.74) is 5.62. The number of hydrogen-bond donors (Lipinski definition) is 1. The van der Waals surface area contributed by atoms with Gasteiger partial charge in [0.15, 0.2) is 0 Å². The minimum atomic E-state index is 0.680. The number of nitrogens with two attached hydrogens (primary N) is 1. The van der Waals surface area contributed by atoms with Gasteiger partial charge in [-0.25, -0.2) is 0 Å². The summed E-state index contributed by atoms with van der Waals surface area (Å²) < 4.78 is 5.25. The molecule has 2 N–H and O–H groups in total. The van der Waals surface area contributed by atoms with Gasteiger partial charge in [0.05, 0.1) is 6.61 Å². The van der Waals surface area contributed by atoms with Gasteiger partial charge >= 0.3 is 0 Å². The fraction of sp³-hybridized carbons (Fsp3) is 1.00. The number of nitrogens with zero attached hydrogens (tertiary/aromatic N) is 1. The number of likely N-dealkylation sites (tertiary alicyclic amines) is 1. The van der Waals surface area contributed by atoms with E-state index in [1.165, 1.54) is 45.3 Å². The van der Waals surface area contributed by atoms with E-state index >= 15 is 0 Å². The van der Waals surface area contributed by atoms with Crippen LogP contribution in [0.25, 0.3) is 0 Å². The molecule has 0 bridgehead atoms. The molecule has 2 atom stereocenters. The summed E-state index contributed by atoms with van der Waals surface area (Å²) >= 11 is 0. The number of methoxy groups -OCH3 is 1. The van der Waals surface area contributed by atoms with Crippen LogP contribution >= 0.6 is 0 Å². The molecule has 0 spiro atoms. The summed E-state index contributed by atoms with van der Waals surface area (Å²) in [7, 11) is 1.81. The van der Waals surface area contributed by atoms with Gasteiger partial charge < -0.3 is 15.4 Å². The van der Waals surface area contributed by atoms with Crippen LogP contribution in [0.1, 0.15) is 32.6 Å². The maximum atomic E-state index is 5.62. The van der Waals surface area contributed by atoms with Crippen LogP contribution in [-0.2, 0) is 4.74 Å². The van der Waals surface area contributed by atoms with Crippen molar-refractivity contribution in [1.29, 1.82) is 0 Å². The van der Waals surface area contributed by atoms with Gasteiger partial charge in [-0.15, -0.1) is 0 Å². The third-order valence-electron chi connectivity index (χ3n) is 3.58. The van der Waals surface area contributed by atoms with Gasteiger partial charge in [0.2, 0.25) is 0 Å². The fourth-order valence-electron chi connectivity index (χ4n) is 2.51. The monoisotopic (exact) mass is 228 g/mol. The van der Waals surface area contributed by atoms with Gasteiger partial charge in [-0.2, -0.15) is 0 Å². The molecular formula is C13H28N2O. The lowest BCUT2D eigenvalue weighted by Crippen LogP contribution is -2.37. The summed E-state index contributed by atoms with van der Waals surface area (Å²) in [5.74, 6) is 1.44. The van der Waals surface area contributed by atoms with E-state index in [4.69, 9.17) is 10.5 Å². The second-order valence-electron chi connectivity index (χ2n) is 5.25. The Morgan fingerprint density at radius 1 is 1.50 bits per heavy atom. The van der Waals surface area contributed by atoms with Gasteiger partial charge in [0.25, 0.3) is 0 Å². The van der Waals surface area contributed by atoms with Gasteiger partial charge in [0.1, 0.15) is 0 Å². The zero-order chi connectivity index (χ0) is 11.8. The molecule has 1 rings (SSSR count). The summed E-state index contributed by atoms with van der Waals surface area (Å²) in [6.45, 7) is 7.73. The lowest BCUT2D eigenvalue weighted by Gasteiger charge is -2.32. The molecule has 1 fully saturated rings. The summed E-state index contributed by atoms with van der Waals surface area (Å²) in [6.07, 6.45) is 5.23. The Kier molecular flexibility index (Phi) is 7.01. The van der Waals surface area contributed by atoms with Crippen LogP contribution in [0.4, 0.5) is 0 Å². The van der Waals surface area contributed by atoms with Crippen molar-refractivity contribution >= 4 is 0 Å². The van der Waals surface area contributed by atoms with E-state index in [0.29, 0.717) is 5.92 Å². The van der Waals surface area contributed by atoms with Gasteiger partial charge in [-0.1, -0.05) is 6.92 Å². The van der Waals surface area contributed by atoms with Crippen LogP contribution < -0.4 is 5.73 Å². The first-order valence-electron chi connectivity index (χ1n) is 6.67. The van der Waals surface area contributed by atoms with Gasteiger partial charge in [0, 0.05) is 13.7 Å². The standard InChI is InChI=1S/C13H28N2O/c1-12(9-14)5-3-7-15-8-4-6-13(10-15)11-16-2/h12-13H,3-11,14H2,1-2H3. The van der Waals surface area contributed by atoms with Gasteiger partial charge in [-0.3, -0.25) is 0 Å². The smallest absolute Gasteiger partial charge is 0.0502 e. The van der Waals surface area contributed by atoms with Gasteiger partial charge in [-0.05, 0) is 57.2 Å². The molecule has 0 aromatic heterocycles. The van der Waals surface area contributed by atoms with E-state index in [2.05, 4.69) is 11.8 Å². The normalized spacial score (nSPS) is 24.6. The molecule has 16 heavy (non-hydrogen) atoms. The van der Waals surface area contributed by atoms with Crippen LogP contribution in [0.2, 0.25) is 0 Å². The number of piperidine rings is 1. The molecule has 96 valence electrons. The topological polar surface area (TPSA) is 38.5 Å². The minimum Gasteiger partial charge on any atom is -0.384 e. The summed E-state index contributed by atoms with van der Waals surface area (Å²) in [5, 5.41) is 0. The highest BCUT2D eigenvalue weighted by molar-refractivity contribution is 4.72. The molecule has 3 heteroatoms. The van der Waals surface area contributed by atoms with E-state index in [-0.39, 0.29) is 0 Å². The quantitative estimate of drug-likeness (QED) is 0.721. The predicted octanol–water partition coefficient (Wildman–Crippen LogP) is 1.72. The van der Waals surface area contributed by atoms with Crippen molar-refractivity contribution in [2.45, 2.75) is 32.6 Å². The van der Waals surface area contributed by atoms with Crippen molar-refractivity contribution in [1.82, 2.24) is 4.90 Å². The van der Waals surface area contributed by atoms with Crippen LogP contribution in [0, 0.1) is 11.8 Å². The average Bonchev–Trinajstić information content (AvgIpc) is 2.30. The third-order valence-corrected chi connectivity index (χ3v) is 3.58. The zero-order valence-electron chi connectivity index (χ0n) is 11.0. The Morgan fingerprint density at radius 3 is 3.00 bits per heavy atom. The van der Waals surface area contributed by atoms with E-state index in [1.807, 2.05) is 7.11 Å². The van der Waals surface area contributed by atoms with Crippen LogP contribution in [0.3, 0.4) is 0 Å². The molecular weight excluding hydrogens is 200 g/mol. The Balaban J connectivity index is 2.11. The lowest BCUT2D eigenvalue weighted by molar-refractivity contribution is 0.0893. The third kappa shape index (κ3) is 5.28. The maximum Gasteiger partial charge on any atom is 0.0502 e. The first-order chi connectivity index (χ1) is 7.76. The second kappa shape index (κ2) is 8.04. The first kappa shape index (κ1) is 13.9. The molecule has 0 saturated carbocycles. The largest absolute Gasteiger partial charge is 0.384 e. The molecule has 0 amide bonds. The van der Waals surface area contributed by atoms with Crippen molar-refractivity contribution in [3.05, 3.63) is 0 Å². The van der Waals surface area contributed by atoms with Crippen molar-refractivity contribution < 1.29 is 4.74 Å². The number of ether oxygens (including phenoxy) is 1. The van der Waals surface area contributed by atoms with E-state index in [9.17, 15) is 0 Å². The molecule has 1 aliphatic heterocycles. The zero-order valence-corrected chi connectivity index (χ0v) is 11.0. The Bertz CT molecular complexity index is 173. The molecule has 3 nitrogen and oxygen atoms in total. The molecule has 0 aromatic carbocycles. The van der Waals surface area contributed by atoms with Crippen molar-refractivity contribution in [2.24, 2.45) is 17.6 Å². The fourth-order valence-corrected chi connectivity index (χ4v) is 2.51. The molecule has 1 saturated heterocycles. The summed E-state index contributed by atoms with van der Waals surface area (Å²) in [4.78, 5) is 2.59. The highest BCUT2D eigenvalue weighted by Crippen LogP contribution is 2.17. The maximum absolute atomic E-state index is 5.62. The first-order valence-corrected chi connectivity index (χ1v) is 6.67. The molecule has 1 aliphatic rings. The molecule has 0 aromatic rings. The Labute approximate surface area is 100 Å².